The first-order valence-electron chi connectivity index (χ1n) is 8.19. The highest BCUT2D eigenvalue weighted by Crippen LogP contribution is 2.35. The van der Waals surface area contributed by atoms with E-state index in [2.05, 4.69) is 15.0 Å². The predicted octanol–water partition coefficient (Wildman–Crippen LogP) is 2.92. The molecule has 0 spiro atoms. The molecule has 0 unspecified atom stereocenters. The lowest BCUT2D eigenvalue weighted by atomic mass is 10.2. The molecule has 1 aromatic rings. The van der Waals surface area contributed by atoms with Gasteiger partial charge < -0.3 is 15.0 Å². The Labute approximate surface area is 178 Å². The smallest absolute Gasteiger partial charge is 0.435 e. The maximum atomic E-state index is 12.4. The molecule has 0 atom stereocenters. The molecule has 11 heteroatoms. The summed E-state index contributed by atoms with van der Waals surface area (Å²) in [6, 6.07) is 5.44. The minimum Gasteiger partial charge on any atom is -0.451 e. The first-order valence-corrected chi connectivity index (χ1v) is 10.2. The van der Waals surface area contributed by atoms with Crippen molar-refractivity contribution < 1.29 is 19.1 Å². The fourth-order valence-corrected chi connectivity index (χ4v) is 3.90. The number of rotatable bonds is 6. The van der Waals surface area contributed by atoms with Gasteiger partial charge in [-0.1, -0.05) is 18.7 Å². The lowest BCUT2D eigenvalue weighted by molar-refractivity contribution is -0.117. The number of hydrogen-bond acceptors (Lipinski definition) is 7. The molecule has 8 nitrogen and oxygen atoms in total. The summed E-state index contributed by atoms with van der Waals surface area (Å²) in [5, 5.41) is 3.09. The van der Waals surface area contributed by atoms with Crippen LogP contribution >= 0.6 is 35.9 Å². The first-order chi connectivity index (χ1) is 12.8. The SMILES string of the molecule is CCSc1ccc(N2C(=O)CS/C2=N/C(=O)OC)c(NC(=O)CN(C)C)c1.Cl. The molecule has 1 aliphatic rings. The second-order valence-corrected chi connectivity index (χ2v) is 8.06. The molecule has 1 aromatic carbocycles. The predicted molar refractivity (Wildman–Crippen MR) is 117 cm³/mol. The summed E-state index contributed by atoms with van der Waals surface area (Å²) in [7, 11) is 4.82. The molecule has 1 aliphatic heterocycles. The number of nitrogens with one attached hydrogen (secondary N) is 1. The summed E-state index contributed by atoms with van der Waals surface area (Å²) in [5.74, 6) is 0.608. The Morgan fingerprint density at radius 1 is 1.39 bits per heavy atom. The van der Waals surface area contributed by atoms with Gasteiger partial charge in [0.2, 0.25) is 11.8 Å². The van der Waals surface area contributed by atoms with Gasteiger partial charge in [-0.15, -0.1) is 24.2 Å². The maximum Gasteiger partial charge on any atom is 0.435 e. The van der Waals surface area contributed by atoms with Crippen molar-refractivity contribution in [2.24, 2.45) is 4.99 Å². The molecule has 3 amide bonds. The number of hydrogen-bond donors (Lipinski definition) is 1. The first kappa shape index (κ1) is 24.3. The molecule has 1 heterocycles. The number of carbonyl (C=O) groups excluding carboxylic acids is 3. The minimum absolute atomic E-state index is 0. The van der Waals surface area contributed by atoms with E-state index in [9.17, 15) is 14.4 Å². The van der Waals surface area contributed by atoms with Crippen LogP contribution in [0.4, 0.5) is 16.2 Å². The van der Waals surface area contributed by atoms with Gasteiger partial charge >= 0.3 is 6.09 Å². The van der Waals surface area contributed by atoms with E-state index in [0.717, 1.165) is 22.4 Å². The van der Waals surface area contributed by atoms with Crippen LogP contribution in [0.3, 0.4) is 0 Å². The van der Waals surface area contributed by atoms with Gasteiger partial charge in [-0.2, -0.15) is 4.99 Å². The Bertz CT molecular complexity index is 774. The molecule has 0 aromatic heterocycles. The Kier molecular flexibility index (Phi) is 9.80. The van der Waals surface area contributed by atoms with Crippen LogP contribution in [-0.2, 0) is 14.3 Å². The second kappa shape index (κ2) is 11.3. The monoisotopic (exact) mass is 446 g/mol. The number of ether oxygens (including phenoxy) is 1. The number of thioether (sulfide) groups is 2. The van der Waals surface area contributed by atoms with Crippen molar-refractivity contribution in [1.29, 1.82) is 0 Å². The van der Waals surface area contributed by atoms with Gasteiger partial charge in [0.05, 0.1) is 30.8 Å². The molecule has 0 radical (unpaired) electrons. The van der Waals surface area contributed by atoms with Crippen LogP contribution in [0.2, 0.25) is 0 Å². The Hall–Kier alpha value is -1.75. The quantitative estimate of drug-likeness (QED) is 0.671. The largest absolute Gasteiger partial charge is 0.451 e. The zero-order valence-electron chi connectivity index (χ0n) is 16.1. The number of aliphatic imine (C=N–C) groups is 1. The highest BCUT2D eigenvalue weighted by Gasteiger charge is 2.32. The van der Waals surface area contributed by atoms with Gasteiger partial charge in [0, 0.05) is 4.90 Å². The van der Waals surface area contributed by atoms with E-state index in [1.54, 1.807) is 36.8 Å². The number of anilines is 2. The summed E-state index contributed by atoms with van der Waals surface area (Å²) in [6.45, 7) is 2.24. The molecule has 28 heavy (non-hydrogen) atoms. The van der Waals surface area contributed by atoms with Gasteiger partial charge in [0.15, 0.2) is 5.17 Å². The van der Waals surface area contributed by atoms with Crippen molar-refractivity contribution in [2.75, 3.05) is 49.5 Å². The number of nitrogens with zero attached hydrogens (tertiary/aromatic N) is 3. The molecular formula is C17H23ClN4O4S2. The lowest BCUT2D eigenvalue weighted by Gasteiger charge is -2.21. The van der Waals surface area contributed by atoms with Crippen molar-refractivity contribution in [3.63, 3.8) is 0 Å². The number of likely N-dealkylation sites (N-methyl/N-ethyl adjacent to an activating group) is 1. The van der Waals surface area contributed by atoms with E-state index in [-0.39, 0.29) is 41.7 Å². The molecule has 0 aliphatic carbocycles. The maximum absolute atomic E-state index is 12.4. The van der Waals surface area contributed by atoms with Crippen molar-refractivity contribution in [1.82, 2.24) is 4.90 Å². The molecule has 0 bridgehead atoms. The van der Waals surface area contributed by atoms with Gasteiger partial charge in [-0.3, -0.25) is 14.5 Å². The van der Waals surface area contributed by atoms with Crippen LogP contribution in [0.1, 0.15) is 6.92 Å². The Balaban J connectivity index is 0.00000392. The fraction of sp³-hybridized carbons (Fsp3) is 0.412. The number of methoxy groups -OCH3 is 1. The van der Waals surface area contributed by atoms with Crippen LogP contribution in [0.15, 0.2) is 28.1 Å². The molecule has 1 fully saturated rings. The van der Waals surface area contributed by atoms with Crippen LogP contribution in [-0.4, -0.2) is 67.2 Å². The van der Waals surface area contributed by atoms with E-state index >= 15 is 0 Å². The number of carbonyl (C=O) groups is 3. The average molecular weight is 447 g/mol. The fourth-order valence-electron chi connectivity index (χ4n) is 2.35. The van der Waals surface area contributed by atoms with Crippen molar-refractivity contribution in [2.45, 2.75) is 11.8 Å². The lowest BCUT2D eigenvalue weighted by Crippen LogP contribution is -2.32. The number of halogens is 1. The minimum atomic E-state index is -0.784. The number of amidine groups is 1. The highest BCUT2D eigenvalue weighted by molar-refractivity contribution is 8.15. The third-order valence-corrected chi connectivity index (χ3v) is 5.18. The highest BCUT2D eigenvalue weighted by atomic mass is 35.5. The van der Waals surface area contributed by atoms with Crippen LogP contribution < -0.4 is 10.2 Å². The third-order valence-electron chi connectivity index (χ3n) is 3.38. The topological polar surface area (TPSA) is 91.3 Å². The summed E-state index contributed by atoms with van der Waals surface area (Å²) in [4.78, 5) is 44.1. The third kappa shape index (κ3) is 6.40. The second-order valence-electron chi connectivity index (χ2n) is 5.78. The summed E-state index contributed by atoms with van der Waals surface area (Å²) >= 11 is 2.77. The van der Waals surface area contributed by atoms with Crippen molar-refractivity contribution >= 4 is 70.4 Å². The summed E-state index contributed by atoms with van der Waals surface area (Å²) in [5.41, 5.74) is 0.967. The van der Waals surface area contributed by atoms with Gasteiger partial charge in [0.25, 0.3) is 0 Å². The molecule has 2 rings (SSSR count). The number of amides is 3. The van der Waals surface area contributed by atoms with Crippen molar-refractivity contribution in [3.05, 3.63) is 18.2 Å². The van der Waals surface area contributed by atoms with E-state index < -0.39 is 6.09 Å². The molecule has 1 saturated heterocycles. The Morgan fingerprint density at radius 2 is 2.11 bits per heavy atom. The summed E-state index contributed by atoms with van der Waals surface area (Å²) < 4.78 is 4.56. The Morgan fingerprint density at radius 3 is 2.71 bits per heavy atom. The zero-order chi connectivity index (χ0) is 20.0. The number of benzene rings is 1. The normalized spacial score (nSPS) is 15.0. The van der Waals surface area contributed by atoms with Gasteiger partial charge in [-0.05, 0) is 38.0 Å². The van der Waals surface area contributed by atoms with Crippen molar-refractivity contribution in [3.8, 4) is 0 Å². The molecule has 1 N–H and O–H groups in total. The average Bonchev–Trinajstić information content (AvgIpc) is 2.95. The molecule has 154 valence electrons. The van der Waals surface area contributed by atoms with E-state index in [1.165, 1.54) is 12.0 Å². The van der Waals surface area contributed by atoms with E-state index in [1.807, 2.05) is 19.1 Å². The van der Waals surface area contributed by atoms with Gasteiger partial charge in [0.1, 0.15) is 0 Å². The zero-order valence-corrected chi connectivity index (χ0v) is 18.5. The molecular weight excluding hydrogens is 424 g/mol. The van der Waals surface area contributed by atoms with Gasteiger partial charge in [-0.25, -0.2) is 4.79 Å². The van der Waals surface area contributed by atoms with Crippen LogP contribution in [0.5, 0.6) is 0 Å². The summed E-state index contributed by atoms with van der Waals surface area (Å²) in [6.07, 6.45) is -0.784. The van der Waals surface area contributed by atoms with Crippen LogP contribution in [0.25, 0.3) is 0 Å². The molecule has 0 saturated carbocycles. The standard InChI is InChI=1S/C17H22N4O4S2.ClH/c1-5-26-11-6-7-13(12(8-11)18-14(22)9-20(2)3)21-15(23)10-27-16(21)19-17(24)25-4;/h6-8H,5,9-10H2,1-4H3,(H,18,22);1H/b19-16+;. The van der Waals surface area contributed by atoms with E-state index in [0.29, 0.717) is 11.4 Å². The van der Waals surface area contributed by atoms with E-state index in [4.69, 9.17) is 0 Å². The van der Waals surface area contributed by atoms with Crippen LogP contribution in [0, 0.1) is 0 Å².